The molecule has 1 heterocycles. The Hall–Kier alpha value is -0.0800. The molecule has 0 bridgehead atoms. The predicted octanol–water partition coefficient (Wildman–Crippen LogP) is 4.05. The molecule has 1 fully saturated rings. The van der Waals surface area contributed by atoms with E-state index in [4.69, 9.17) is 0 Å². The Balaban J connectivity index is 2.92. The van der Waals surface area contributed by atoms with Crippen LogP contribution in [0.1, 0.15) is 73.6 Å². The maximum absolute atomic E-state index is 3.78. The minimum Gasteiger partial charge on any atom is -0.311 e. The van der Waals surface area contributed by atoms with E-state index in [-0.39, 0.29) is 0 Å². The van der Waals surface area contributed by atoms with Gasteiger partial charge in [0, 0.05) is 30.7 Å². The molecule has 0 aromatic rings. The van der Waals surface area contributed by atoms with Crippen LogP contribution in [0.4, 0.5) is 0 Å². The van der Waals surface area contributed by atoms with Crippen molar-refractivity contribution in [2.24, 2.45) is 5.92 Å². The molecule has 1 saturated heterocycles. The fourth-order valence-corrected chi connectivity index (χ4v) is 3.88. The van der Waals surface area contributed by atoms with E-state index in [2.05, 4.69) is 51.8 Å². The molecule has 2 unspecified atom stereocenters. The highest BCUT2D eigenvalue weighted by Crippen LogP contribution is 2.33. The number of rotatable bonds is 7. The van der Waals surface area contributed by atoms with Gasteiger partial charge < -0.3 is 5.32 Å². The highest BCUT2D eigenvalue weighted by Gasteiger charge is 2.40. The zero-order valence-corrected chi connectivity index (χ0v) is 14.1. The second-order valence-electron chi connectivity index (χ2n) is 6.64. The first kappa shape index (κ1) is 17.0. The van der Waals surface area contributed by atoms with E-state index in [9.17, 15) is 0 Å². The molecule has 1 N–H and O–H groups in total. The van der Waals surface area contributed by atoms with Crippen molar-refractivity contribution >= 4 is 0 Å². The van der Waals surface area contributed by atoms with Crippen molar-refractivity contribution in [3.05, 3.63) is 0 Å². The summed E-state index contributed by atoms with van der Waals surface area (Å²) in [4.78, 5) is 2.87. The van der Waals surface area contributed by atoms with Gasteiger partial charge in [-0.15, -0.1) is 0 Å². The van der Waals surface area contributed by atoms with Crippen LogP contribution in [0.5, 0.6) is 0 Å². The van der Waals surface area contributed by atoms with Crippen LogP contribution in [0, 0.1) is 5.92 Å². The van der Waals surface area contributed by atoms with Gasteiger partial charge in [0.2, 0.25) is 0 Å². The average molecular weight is 268 g/mol. The Kier molecular flexibility index (Phi) is 6.82. The number of nitrogens with one attached hydrogen (secondary N) is 1. The van der Waals surface area contributed by atoms with E-state index in [0.29, 0.717) is 17.6 Å². The van der Waals surface area contributed by atoms with Crippen LogP contribution in [0.3, 0.4) is 0 Å². The summed E-state index contributed by atoms with van der Waals surface area (Å²) in [5, 5.41) is 3.78. The van der Waals surface area contributed by atoms with Crippen LogP contribution in [-0.4, -0.2) is 35.6 Å². The van der Waals surface area contributed by atoms with Gasteiger partial charge in [-0.3, -0.25) is 4.90 Å². The molecule has 2 nitrogen and oxygen atoms in total. The van der Waals surface area contributed by atoms with Crippen molar-refractivity contribution in [1.29, 1.82) is 0 Å². The second kappa shape index (κ2) is 7.64. The molecule has 2 atom stereocenters. The summed E-state index contributed by atoms with van der Waals surface area (Å²) in [5.41, 5.74) is 0.420. The average Bonchev–Trinajstić information content (AvgIpc) is 2.42. The SMILES string of the molecule is CCCC1CN(C(CC)(CC)CC)C(C(C)C)CN1. The Labute approximate surface area is 121 Å². The van der Waals surface area contributed by atoms with E-state index < -0.39 is 0 Å². The minimum absolute atomic E-state index is 0.420. The quantitative estimate of drug-likeness (QED) is 0.749. The number of piperazine rings is 1. The summed E-state index contributed by atoms with van der Waals surface area (Å²) in [6.45, 7) is 16.6. The van der Waals surface area contributed by atoms with Gasteiger partial charge >= 0.3 is 0 Å². The molecule has 0 aromatic heterocycles. The largest absolute Gasteiger partial charge is 0.311 e. The zero-order valence-electron chi connectivity index (χ0n) is 14.1. The highest BCUT2D eigenvalue weighted by atomic mass is 15.3. The smallest absolute Gasteiger partial charge is 0.0249 e. The number of hydrogen-bond donors (Lipinski definition) is 1. The first-order chi connectivity index (χ1) is 9.04. The third-order valence-electron chi connectivity index (χ3n) is 5.42. The first-order valence-electron chi connectivity index (χ1n) is 8.54. The molecule has 2 heteroatoms. The lowest BCUT2D eigenvalue weighted by atomic mass is 9.82. The summed E-state index contributed by atoms with van der Waals surface area (Å²) in [6.07, 6.45) is 6.44. The van der Waals surface area contributed by atoms with Crippen LogP contribution in [0.25, 0.3) is 0 Å². The van der Waals surface area contributed by atoms with Crippen molar-refractivity contribution in [3.63, 3.8) is 0 Å². The molecular weight excluding hydrogens is 232 g/mol. The van der Waals surface area contributed by atoms with Crippen molar-refractivity contribution in [3.8, 4) is 0 Å². The van der Waals surface area contributed by atoms with Crippen molar-refractivity contribution in [2.45, 2.75) is 91.3 Å². The van der Waals surface area contributed by atoms with Crippen LogP contribution in [-0.2, 0) is 0 Å². The van der Waals surface area contributed by atoms with Gasteiger partial charge in [0.15, 0.2) is 0 Å². The Morgan fingerprint density at radius 3 is 2.11 bits per heavy atom. The lowest BCUT2D eigenvalue weighted by Crippen LogP contribution is -2.65. The Morgan fingerprint density at radius 1 is 1.11 bits per heavy atom. The zero-order chi connectivity index (χ0) is 14.5. The van der Waals surface area contributed by atoms with Crippen LogP contribution in [0.15, 0.2) is 0 Å². The van der Waals surface area contributed by atoms with Gasteiger partial charge in [0.25, 0.3) is 0 Å². The molecule has 19 heavy (non-hydrogen) atoms. The lowest BCUT2D eigenvalue weighted by molar-refractivity contribution is -0.0184. The third kappa shape index (κ3) is 3.72. The van der Waals surface area contributed by atoms with Gasteiger partial charge in [0.1, 0.15) is 0 Å². The lowest BCUT2D eigenvalue weighted by Gasteiger charge is -2.53. The summed E-state index contributed by atoms with van der Waals surface area (Å²) >= 11 is 0. The van der Waals surface area contributed by atoms with Gasteiger partial charge in [-0.05, 0) is 31.6 Å². The molecule has 114 valence electrons. The minimum atomic E-state index is 0.420. The molecular formula is C17H36N2. The van der Waals surface area contributed by atoms with E-state index in [1.54, 1.807) is 0 Å². The van der Waals surface area contributed by atoms with Crippen molar-refractivity contribution in [1.82, 2.24) is 10.2 Å². The van der Waals surface area contributed by atoms with E-state index >= 15 is 0 Å². The summed E-state index contributed by atoms with van der Waals surface area (Å²) < 4.78 is 0. The molecule has 0 saturated carbocycles. The van der Waals surface area contributed by atoms with E-state index in [0.717, 1.165) is 5.92 Å². The summed E-state index contributed by atoms with van der Waals surface area (Å²) in [5.74, 6) is 0.735. The summed E-state index contributed by atoms with van der Waals surface area (Å²) in [6, 6.07) is 1.40. The normalized spacial score (nSPS) is 26.1. The standard InChI is InChI=1S/C17H36N2/c1-7-11-15-13-19(16(12-18-15)14(5)6)17(8-2,9-3)10-4/h14-16,18H,7-13H2,1-6H3. The summed E-state index contributed by atoms with van der Waals surface area (Å²) in [7, 11) is 0. The highest BCUT2D eigenvalue weighted by molar-refractivity contribution is 4.98. The molecule has 0 aromatic carbocycles. The van der Waals surface area contributed by atoms with Crippen LogP contribution < -0.4 is 5.32 Å². The monoisotopic (exact) mass is 268 g/mol. The fraction of sp³-hybridized carbons (Fsp3) is 1.00. The van der Waals surface area contributed by atoms with Gasteiger partial charge in [-0.2, -0.15) is 0 Å². The molecule has 0 amide bonds. The Bertz CT molecular complexity index is 237. The topological polar surface area (TPSA) is 15.3 Å². The van der Waals surface area contributed by atoms with Crippen molar-refractivity contribution in [2.75, 3.05) is 13.1 Å². The first-order valence-corrected chi connectivity index (χ1v) is 8.54. The van der Waals surface area contributed by atoms with Crippen LogP contribution in [0.2, 0.25) is 0 Å². The van der Waals surface area contributed by atoms with Crippen LogP contribution >= 0.6 is 0 Å². The van der Waals surface area contributed by atoms with E-state index in [1.807, 2.05) is 0 Å². The molecule has 0 aliphatic carbocycles. The van der Waals surface area contributed by atoms with E-state index in [1.165, 1.54) is 45.2 Å². The van der Waals surface area contributed by atoms with Gasteiger partial charge in [-0.1, -0.05) is 48.0 Å². The van der Waals surface area contributed by atoms with Gasteiger partial charge in [0.05, 0.1) is 0 Å². The molecule has 0 spiro atoms. The maximum Gasteiger partial charge on any atom is 0.0249 e. The molecule has 1 aliphatic rings. The maximum atomic E-state index is 3.78. The number of hydrogen-bond acceptors (Lipinski definition) is 2. The Morgan fingerprint density at radius 2 is 1.68 bits per heavy atom. The predicted molar refractivity (Wildman–Crippen MR) is 85.6 cm³/mol. The van der Waals surface area contributed by atoms with Crippen molar-refractivity contribution < 1.29 is 0 Å². The fourth-order valence-electron chi connectivity index (χ4n) is 3.88. The molecule has 1 rings (SSSR count). The number of nitrogens with zero attached hydrogens (tertiary/aromatic N) is 1. The molecule has 1 aliphatic heterocycles. The second-order valence-corrected chi connectivity index (χ2v) is 6.64. The molecule has 0 radical (unpaired) electrons. The van der Waals surface area contributed by atoms with Gasteiger partial charge in [-0.25, -0.2) is 0 Å². The third-order valence-corrected chi connectivity index (χ3v) is 5.42.